The highest BCUT2D eigenvalue weighted by atomic mass is 35.5. The molecule has 3 nitrogen and oxygen atoms in total. The molecule has 100 valence electrons. The van der Waals surface area contributed by atoms with E-state index in [1.807, 2.05) is 48.5 Å². The van der Waals surface area contributed by atoms with Crippen molar-refractivity contribution in [2.45, 2.75) is 6.54 Å². The Morgan fingerprint density at radius 1 is 1.10 bits per heavy atom. The fourth-order valence-electron chi connectivity index (χ4n) is 2.03. The van der Waals surface area contributed by atoms with Crippen LogP contribution in [0.25, 0.3) is 10.9 Å². The van der Waals surface area contributed by atoms with Crippen LogP contribution in [0, 0.1) is 4.77 Å². The summed E-state index contributed by atoms with van der Waals surface area (Å²) in [4.78, 5) is 7.44. The summed E-state index contributed by atoms with van der Waals surface area (Å²) < 4.78 is 0.474. The fraction of sp³-hybridized carbons (Fsp3) is 0.0667. The third-order valence-corrected chi connectivity index (χ3v) is 3.46. The van der Waals surface area contributed by atoms with Crippen LogP contribution in [0.4, 0.5) is 5.82 Å². The number of hydrogen-bond acceptors (Lipinski definition) is 3. The lowest BCUT2D eigenvalue weighted by Gasteiger charge is -2.09. The summed E-state index contributed by atoms with van der Waals surface area (Å²) in [5, 5.41) is 5.08. The highest BCUT2D eigenvalue weighted by molar-refractivity contribution is 7.71. The number of anilines is 1. The van der Waals surface area contributed by atoms with Crippen molar-refractivity contribution in [3.8, 4) is 0 Å². The zero-order valence-electron chi connectivity index (χ0n) is 10.6. The maximum absolute atomic E-state index is 5.88. The Morgan fingerprint density at radius 2 is 1.85 bits per heavy atom. The average molecular weight is 302 g/mol. The number of H-pyrrole nitrogens is 1. The number of rotatable bonds is 3. The Labute approximate surface area is 126 Å². The summed E-state index contributed by atoms with van der Waals surface area (Å²) in [6.45, 7) is 0.674. The lowest BCUT2D eigenvalue weighted by Crippen LogP contribution is -2.03. The molecule has 0 atom stereocenters. The molecule has 20 heavy (non-hydrogen) atoms. The molecule has 0 bridgehead atoms. The van der Waals surface area contributed by atoms with E-state index in [1.165, 1.54) is 0 Å². The predicted octanol–water partition coefficient (Wildman–Crippen LogP) is 4.56. The summed E-state index contributed by atoms with van der Waals surface area (Å²) in [5.41, 5.74) is 2.12. The molecule has 0 fully saturated rings. The van der Waals surface area contributed by atoms with Gasteiger partial charge in [0.1, 0.15) is 5.82 Å². The summed E-state index contributed by atoms with van der Waals surface area (Å²) in [6.07, 6.45) is 0. The molecule has 0 amide bonds. The van der Waals surface area contributed by atoms with Gasteiger partial charge in [0.05, 0.1) is 5.52 Å². The van der Waals surface area contributed by atoms with Crippen molar-refractivity contribution in [2.75, 3.05) is 5.32 Å². The summed E-state index contributed by atoms with van der Waals surface area (Å²) in [6, 6.07) is 15.7. The van der Waals surface area contributed by atoms with Gasteiger partial charge in [0.15, 0.2) is 4.77 Å². The standard InChI is InChI=1S/C15H12ClN3S/c16-11-7-5-10(6-8-11)9-17-14-12-3-1-2-4-13(12)18-15(20)19-14/h1-8H,9H2,(H2,17,18,19,20). The topological polar surface area (TPSA) is 40.7 Å². The molecule has 0 aliphatic heterocycles. The number of hydrogen-bond donors (Lipinski definition) is 2. The Morgan fingerprint density at radius 3 is 2.65 bits per heavy atom. The number of fused-ring (bicyclic) bond motifs is 1. The minimum absolute atomic E-state index is 0.474. The first kappa shape index (κ1) is 13.1. The van der Waals surface area contributed by atoms with Crippen molar-refractivity contribution in [2.24, 2.45) is 0 Å². The van der Waals surface area contributed by atoms with Crippen LogP contribution in [-0.4, -0.2) is 9.97 Å². The van der Waals surface area contributed by atoms with Gasteiger partial charge in [0.25, 0.3) is 0 Å². The van der Waals surface area contributed by atoms with Crippen LogP contribution in [-0.2, 0) is 6.54 Å². The van der Waals surface area contributed by atoms with Crippen LogP contribution in [0.5, 0.6) is 0 Å². The van der Waals surface area contributed by atoms with Crippen LogP contribution in [0.2, 0.25) is 5.02 Å². The first-order valence-electron chi connectivity index (χ1n) is 6.20. The number of aromatic amines is 1. The van der Waals surface area contributed by atoms with Crippen molar-refractivity contribution in [1.82, 2.24) is 9.97 Å². The number of para-hydroxylation sites is 1. The number of aromatic nitrogens is 2. The predicted molar refractivity (Wildman–Crippen MR) is 85.7 cm³/mol. The van der Waals surface area contributed by atoms with Gasteiger partial charge in [-0.2, -0.15) is 0 Å². The van der Waals surface area contributed by atoms with E-state index >= 15 is 0 Å². The second-order valence-electron chi connectivity index (χ2n) is 4.42. The molecule has 2 N–H and O–H groups in total. The number of nitrogens with one attached hydrogen (secondary N) is 2. The third-order valence-electron chi connectivity index (χ3n) is 3.01. The van der Waals surface area contributed by atoms with E-state index in [0.717, 1.165) is 27.3 Å². The van der Waals surface area contributed by atoms with Gasteiger partial charge < -0.3 is 10.3 Å². The number of halogens is 1. The van der Waals surface area contributed by atoms with Gasteiger partial charge in [0, 0.05) is 17.0 Å². The van der Waals surface area contributed by atoms with Crippen molar-refractivity contribution in [3.05, 3.63) is 63.9 Å². The lowest BCUT2D eigenvalue weighted by atomic mass is 10.2. The third kappa shape index (κ3) is 2.81. The van der Waals surface area contributed by atoms with Crippen LogP contribution < -0.4 is 5.32 Å². The smallest absolute Gasteiger partial charge is 0.199 e. The quantitative estimate of drug-likeness (QED) is 0.697. The highest BCUT2D eigenvalue weighted by Crippen LogP contribution is 2.20. The molecule has 5 heteroatoms. The molecule has 0 aliphatic rings. The molecule has 1 aromatic heterocycles. The Balaban J connectivity index is 1.90. The van der Waals surface area contributed by atoms with Gasteiger partial charge >= 0.3 is 0 Å². The van der Waals surface area contributed by atoms with Crippen molar-refractivity contribution in [3.63, 3.8) is 0 Å². The monoisotopic (exact) mass is 301 g/mol. The van der Waals surface area contributed by atoms with Crippen LogP contribution in [0.3, 0.4) is 0 Å². The Kier molecular flexibility index (Phi) is 3.67. The first-order chi connectivity index (χ1) is 9.72. The number of benzene rings is 2. The summed E-state index contributed by atoms with van der Waals surface area (Å²) >= 11 is 11.0. The second-order valence-corrected chi connectivity index (χ2v) is 5.24. The van der Waals surface area contributed by atoms with Gasteiger partial charge in [-0.15, -0.1) is 0 Å². The summed E-state index contributed by atoms with van der Waals surface area (Å²) in [5.74, 6) is 0.791. The molecular formula is C15H12ClN3S. The van der Waals surface area contributed by atoms with E-state index in [1.54, 1.807) is 0 Å². The maximum Gasteiger partial charge on any atom is 0.199 e. The molecule has 0 unspecified atom stereocenters. The molecule has 2 aromatic carbocycles. The lowest BCUT2D eigenvalue weighted by molar-refractivity contribution is 1.09. The SMILES string of the molecule is S=c1nc(NCc2ccc(Cl)cc2)c2ccccc2[nH]1. The van der Waals surface area contributed by atoms with Crippen molar-refractivity contribution >= 4 is 40.5 Å². The molecule has 0 saturated heterocycles. The van der Waals surface area contributed by atoms with Gasteiger partial charge in [-0.3, -0.25) is 0 Å². The molecule has 3 aromatic rings. The van der Waals surface area contributed by atoms with Crippen LogP contribution in [0.15, 0.2) is 48.5 Å². The highest BCUT2D eigenvalue weighted by Gasteiger charge is 2.03. The minimum Gasteiger partial charge on any atom is -0.365 e. The van der Waals surface area contributed by atoms with E-state index in [4.69, 9.17) is 23.8 Å². The molecule has 0 saturated carbocycles. The van der Waals surface area contributed by atoms with Crippen molar-refractivity contribution < 1.29 is 0 Å². The van der Waals surface area contributed by atoms with E-state index in [0.29, 0.717) is 11.3 Å². The average Bonchev–Trinajstić information content (AvgIpc) is 2.46. The Hall–Kier alpha value is -1.91. The Bertz CT molecular complexity index is 796. The van der Waals surface area contributed by atoms with Crippen LogP contribution in [0.1, 0.15) is 5.56 Å². The van der Waals surface area contributed by atoms with Crippen LogP contribution >= 0.6 is 23.8 Å². The maximum atomic E-state index is 5.88. The van der Waals surface area contributed by atoms with E-state index in [9.17, 15) is 0 Å². The minimum atomic E-state index is 0.474. The van der Waals surface area contributed by atoms with Gasteiger partial charge in [-0.05, 0) is 42.0 Å². The first-order valence-corrected chi connectivity index (χ1v) is 6.98. The molecule has 1 heterocycles. The molecule has 3 rings (SSSR count). The normalized spacial score (nSPS) is 10.7. The molecule has 0 spiro atoms. The second kappa shape index (κ2) is 5.61. The van der Waals surface area contributed by atoms with Gasteiger partial charge in [-0.25, -0.2) is 4.98 Å². The molecular weight excluding hydrogens is 290 g/mol. The zero-order chi connectivity index (χ0) is 13.9. The molecule has 0 aliphatic carbocycles. The molecule has 0 radical (unpaired) electrons. The number of nitrogens with zero attached hydrogens (tertiary/aromatic N) is 1. The van der Waals surface area contributed by atoms with Gasteiger partial charge in [-0.1, -0.05) is 35.9 Å². The van der Waals surface area contributed by atoms with Gasteiger partial charge in [0.2, 0.25) is 0 Å². The zero-order valence-corrected chi connectivity index (χ0v) is 12.1. The fourth-order valence-corrected chi connectivity index (χ4v) is 2.35. The largest absolute Gasteiger partial charge is 0.365 e. The summed E-state index contributed by atoms with van der Waals surface area (Å²) in [7, 11) is 0. The van der Waals surface area contributed by atoms with Crippen molar-refractivity contribution in [1.29, 1.82) is 0 Å². The van der Waals surface area contributed by atoms with E-state index in [-0.39, 0.29) is 0 Å². The van der Waals surface area contributed by atoms with E-state index in [2.05, 4.69) is 15.3 Å². The van der Waals surface area contributed by atoms with E-state index < -0.39 is 0 Å².